The van der Waals surface area contributed by atoms with Crippen molar-refractivity contribution in [2.45, 2.75) is 4.90 Å². The van der Waals surface area contributed by atoms with Gasteiger partial charge < -0.3 is 9.72 Å². The number of esters is 1. The van der Waals surface area contributed by atoms with Crippen LogP contribution >= 0.6 is 11.6 Å². The Bertz CT molecular complexity index is 812. The van der Waals surface area contributed by atoms with Crippen LogP contribution in [-0.4, -0.2) is 38.0 Å². The highest BCUT2D eigenvalue weighted by atomic mass is 35.5. The van der Waals surface area contributed by atoms with Crippen molar-refractivity contribution in [1.82, 2.24) is 4.98 Å². The number of benzene rings is 1. The molecule has 1 N–H and O–H groups in total. The smallest absolute Gasteiger partial charge is 0.338 e. The lowest BCUT2D eigenvalue weighted by Crippen LogP contribution is -2.15. The standard InChI is InChI=1S/C14H12ClNO5S/c1-22(19,20)13-7-9(4-5-10(13)15)14(18)21-8-12(17)11-3-2-6-16-11/h2-7,16H,8H2,1H3. The molecule has 2 aromatic rings. The Balaban J connectivity index is 2.12. The largest absolute Gasteiger partial charge is 0.454 e. The van der Waals surface area contributed by atoms with Crippen LogP contribution in [0.4, 0.5) is 0 Å². The normalized spacial score (nSPS) is 11.2. The van der Waals surface area contributed by atoms with E-state index >= 15 is 0 Å². The number of hydrogen-bond donors (Lipinski definition) is 1. The molecule has 1 aromatic heterocycles. The Hall–Kier alpha value is -2.12. The van der Waals surface area contributed by atoms with Crippen molar-refractivity contribution in [2.24, 2.45) is 0 Å². The molecule has 0 fully saturated rings. The molecule has 6 nitrogen and oxygen atoms in total. The molecular formula is C14H12ClNO5S. The van der Waals surface area contributed by atoms with Crippen molar-refractivity contribution in [3.63, 3.8) is 0 Å². The van der Waals surface area contributed by atoms with Gasteiger partial charge >= 0.3 is 5.97 Å². The minimum Gasteiger partial charge on any atom is -0.454 e. The molecule has 1 aromatic carbocycles. The quantitative estimate of drug-likeness (QED) is 0.664. The summed E-state index contributed by atoms with van der Waals surface area (Å²) in [7, 11) is -3.57. The van der Waals surface area contributed by atoms with Gasteiger partial charge in [-0.05, 0) is 30.3 Å². The van der Waals surface area contributed by atoms with E-state index in [-0.39, 0.29) is 15.5 Å². The van der Waals surface area contributed by atoms with Gasteiger partial charge in [0.2, 0.25) is 5.78 Å². The van der Waals surface area contributed by atoms with E-state index in [9.17, 15) is 18.0 Å². The monoisotopic (exact) mass is 341 g/mol. The van der Waals surface area contributed by atoms with E-state index in [2.05, 4.69) is 4.98 Å². The van der Waals surface area contributed by atoms with Crippen LogP contribution in [0.25, 0.3) is 0 Å². The van der Waals surface area contributed by atoms with Gasteiger partial charge in [0, 0.05) is 12.5 Å². The topological polar surface area (TPSA) is 93.3 Å². The van der Waals surface area contributed by atoms with Crippen molar-refractivity contribution in [1.29, 1.82) is 0 Å². The molecule has 2 rings (SSSR count). The van der Waals surface area contributed by atoms with Crippen LogP contribution in [0.1, 0.15) is 20.8 Å². The van der Waals surface area contributed by atoms with Crippen LogP contribution in [0.5, 0.6) is 0 Å². The van der Waals surface area contributed by atoms with Crippen molar-refractivity contribution >= 4 is 33.2 Å². The first kappa shape index (κ1) is 16.3. The number of H-pyrrole nitrogens is 1. The second kappa shape index (κ2) is 6.33. The number of halogens is 1. The lowest BCUT2D eigenvalue weighted by molar-refractivity contribution is 0.0473. The molecule has 0 amide bonds. The molecular weight excluding hydrogens is 330 g/mol. The van der Waals surface area contributed by atoms with Gasteiger partial charge in [-0.2, -0.15) is 0 Å². The van der Waals surface area contributed by atoms with E-state index in [1.165, 1.54) is 12.1 Å². The number of carbonyl (C=O) groups excluding carboxylic acids is 2. The number of sulfone groups is 1. The lowest BCUT2D eigenvalue weighted by Gasteiger charge is -2.06. The first-order chi connectivity index (χ1) is 10.3. The van der Waals surface area contributed by atoms with Crippen molar-refractivity contribution in [2.75, 3.05) is 12.9 Å². The highest BCUT2D eigenvalue weighted by Gasteiger charge is 2.17. The molecule has 1 heterocycles. The molecule has 0 saturated heterocycles. The minimum absolute atomic E-state index is 0.00381. The summed E-state index contributed by atoms with van der Waals surface area (Å²) in [6.45, 7) is -0.448. The summed E-state index contributed by atoms with van der Waals surface area (Å²) in [6.07, 6.45) is 2.56. The molecule has 116 valence electrons. The van der Waals surface area contributed by atoms with Gasteiger partial charge in [-0.15, -0.1) is 0 Å². The Morgan fingerprint density at radius 3 is 2.59 bits per heavy atom. The van der Waals surface area contributed by atoms with Crippen LogP contribution in [0.15, 0.2) is 41.4 Å². The van der Waals surface area contributed by atoms with Crippen molar-refractivity contribution in [3.8, 4) is 0 Å². The number of aromatic nitrogens is 1. The maximum absolute atomic E-state index is 11.9. The summed E-state index contributed by atoms with van der Waals surface area (Å²) in [5, 5.41) is 0.0153. The summed E-state index contributed by atoms with van der Waals surface area (Å²) in [6, 6.07) is 6.95. The molecule has 0 bridgehead atoms. The summed E-state index contributed by atoms with van der Waals surface area (Å²) in [4.78, 5) is 26.1. The maximum Gasteiger partial charge on any atom is 0.338 e. The van der Waals surface area contributed by atoms with Crippen LogP contribution in [0.2, 0.25) is 5.02 Å². The Morgan fingerprint density at radius 1 is 1.27 bits per heavy atom. The number of hydrogen-bond acceptors (Lipinski definition) is 5. The Labute approximate surface area is 132 Å². The van der Waals surface area contributed by atoms with Gasteiger partial charge in [0.25, 0.3) is 0 Å². The van der Waals surface area contributed by atoms with Crippen LogP contribution in [-0.2, 0) is 14.6 Å². The molecule has 0 aliphatic heterocycles. The fourth-order valence-corrected chi connectivity index (χ4v) is 3.01. The van der Waals surface area contributed by atoms with Crippen molar-refractivity contribution < 1.29 is 22.7 Å². The fraction of sp³-hybridized carbons (Fsp3) is 0.143. The second-order valence-electron chi connectivity index (χ2n) is 4.50. The van der Waals surface area contributed by atoms with E-state index in [4.69, 9.17) is 16.3 Å². The first-order valence-electron chi connectivity index (χ1n) is 6.12. The summed E-state index contributed by atoms with van der Waals surface area (Å²) >= 11 is 5.79. The first-order valence-corrected chi connectivity index (χ1v) is 8.39. The number of ether oxygens (including phenoxy) is 1. The molecule has 0 unspecified atom stereocenters. The van der Waals surface area contributed by atoms with Gasteiger partial charge in [-0.1, -0.05) is 11.6 Å². The number of ketones is 1. The number of carbonyl (C=O) groups is 2. The number of Topliss-reactive ketones (excluding diaryl/α,β-unsaturated/α-hetero) is 1. The van der Waals surface area contributed by atoms with E-state index in [0.717, 1.165) is 12.3 Å². The Morgan fingerprint density at radius 2 is 2.00 bits per heavy atom. The molecule has 0 aliphatic rings. The van der Waals surface area contributed by atoms with Gasteiger partial charge in [0.15, 0.2) is 16.4 Å². The van der Waals surface area contributed by atoms with E-state index < -0.39 is 28.2 Å². The van der Waals surface area contributed by atoms with Gasteiger partial charge in [0.1, 0.15) is 0 Å². The van der Waals surface area contributed by atoms with Gasteiger partial charge in [-0.3, -0.25) is 4.79 Å². The number of rotatable bonds is 5. The average molecular weight is 342 g/mol. The SMILES string of the molecule is CS(=O)(=O)c1cc(C(=O)OCC(=O)c2ccc[nH]2)ccc1Cl. The third-order valence-corrected chi connectivity index (χ3v) is 4.38. The number of aromatic amines is 1. The van der Waals surface area contributed by atoms with E-state index in [1.54, 1.807) is 18.3 Å². The molecule has 0 radical (unpaired) electrons. The zero-order valence-corrected chi connectivity index (χ0v) is 13.1. The summed E-state index contributed by atoms with van der Waals surface area (Å²) in [5.41, 5.74) is 0.324. The lowest BCUT2D eigenvalue weighted by atomic mass is 10.2. The molecule has 8 heteroatoms. The molecule has 22 heavy (non-hydrogen) atoms. The third kappa shape index (κ3) is 3.75. The zero-order valence-electron chi connectivity index (χ0n) is 11.5. The van der Waals surface area contributed by atoms with Crippen LogP contribution in [0.3, 0.4) is 0 Å². The predicted octanol–water partition coefficient (Wildman–Crippen LogP) is 2.11. The van der Waals surface area contributed by atoms with Crippen molar-refractivity contribution in [3.05, 3.63) is 52.8 Å². The van der Waals surface area contributed by atoms with E-state index in [0.29, 0.717) is 5.69 Å². The molecule has 0 spiro atoms. The van der Waals surface area contributed by atoms with Gasteiger partial charge in [-0.25, -0.2) is 13.2 Å². The average Bonchev–Trinajstić information content (AvgIpc) is 2.97. The number of nitrogens with one attached hydrogen (secondary N) is 1. The summed E-state index contributed by atoms with van der Waals surface area (Å²) in [5.74, 6) is -1.20. The summed E-state index contributed by atoms with van der Waals surface area (Å²) < 4.78 is 28.0. The zero-order chi connectivity index (χ0) is 16.3. The highest BCUT2D eigenvalue weighted by Crippen LogP contribution is 2.23. The molecule has 0 saturated carbocycles. The Kier molecular flexibility index (Phi) is 4.68. The third-order valence-electron chi connectivity index (χ3n) is 2.80. The van der Waals surface area contributed by atoms with Crippen LogP contribution in [0, 0.1) is 0 Å². The van der Waals surface area contributed by atoms with Gasteiger partial charge in [0.05, 0.1) is 21.2 Å². The molecule has 0 atom stereocenters. The fourth-order valence-electron chi connectivity index (χ4n) is 1.71. The second-order valence-corrected chi connectivity index (χ2v) is 6.89. The maximum atomic E-state index is 11.9. The van der Waals surface area contributed by atoms with Crippen LogP contribution < -0.4 is 0 Å². The minimum atomic E-state index is -3.57. The predicted molar refractivity (Wildman–Crippen MR) is 80.0 cm³/mol. The highest BCUT2D eigenvalue weighted by molar-refractivity contribution is 7.90. The molecule has 0 aliphatic carbocycles. The van der Waals surface area contributed by atoms with E-state index in [1.807, 2.05) is 0 Å².